The number of piperazine rings is 1. The molecule has 0 spiro atoms. The van der Waals surface area contributed by atoms with E-state index in [0.717, 1.165) is 17.8 Å². The number of nitrogens with zero attached hydrogens (tertiary/aromatic N) is 3. The number of benzene rings is 2. The molecule has 0 radical (unpaired) electrons. The van der Waals surface area contributed by atoms with Crippen molar-refractivity contribution in [1.29, 1.82) is 0 Å². The van der Waals surface area contributed by atoms with Gasteiger partial charge in [0.25, 0.3) is 5.69 Å². The summed E-state index contributed by atoms with van der Waals surface area (Å²) in [6.45, 7) is 0.807. The number of anilines is 1. The second-order valence-electron chi connectivity index (χ2n) is 6.80. The number of rotatable bonds is 8. The fourth-order valence-corrected chi connectivity index (χ4v) is 5.89. The van der Waals surface area contributed by atoms with Crippen LogP contribution >= 0.6 is 0 Å². The predicted molar refractivity (Wildman–Crippen MR) is 112 cm³/mol. The zero-order valence-corrected chi connectivity index (χ0v) is 18.0. The summed E-state index contributed by atoms with van der Waals surface area (Å²) in [7, 11) is -7.99. The van der Waals surface area contributed by atoms with Crippen molar-refractivity contribution in [2.75, 3.05) is 43.4 Å². The van der Waals surface area contributed by atoms with Gasteiger partial charge in [-0.25, -0.2) is 25.9 Å². The SMILES string of the molecule is O=[N+]([O-])c1ccccc1S(=O)(=O)NCCS(=O)(=O)N1CCN(c2ccc(F)cc2)CC1. The van der Waals surface area contributed by atoms with E-state index < -0.39 is 47.9 Å². The van der Waals surface area contributed by atoms with Gasteiger partial charge in [0.1, 0.15) is 5.82 Å². The minimum Gasteiger partial charge on any atom is -0.369 e. The van der Waals surface area contributed by atoms with Crippen LogP contribution in [0.4, 0.5) is 15.8 Å². The minimum absolute atomic E-state index is 0.205. The van der Waals surface area contributed by atoms with Crippen molar-refractivity contribution in [2.24, 2.45) is 0 Å². The molecular weight excluding hydrogens is 451 g/mol. The molecule has 0 amide bonds. The van der Waals surface area contributed by atoms with Crippen molar-refractivity contribution < 1.29 is 26.1 Å². The van der Waals surface area contributed by atoms with Crippen molar-refractivity contribution in [3.8, 4) is 0 Å². The minimum atomic E-state index is -4.25. The smallest absolute Gasteiger partial charge is 0.289 e. The third-order valence-electron chi connectivity index (χ3n) is 4.83. The molecule has 13 heteroatoms. The first-order chi connectivity index (χ1) is 14.6. The lowest BCUT2D eigenvalue weighted by Gasteiger charge is -2.35. The number of sulfonamides is 2. The van der Waals surface area contributed by atoms with E-state index in [0.29, 0.717) is 13.1 Å². The highest BCUT2D eigenvalue weighted by Gasteiger charge is 2.29. The van der Waals surface area contributed by atoms with Crippen molar-refractivity contribution >= 4 is 31.4 Å². The van der Waals surface area contributed by atoms with Crippen LogP contribution in [0, 0.1) is 15.9 Å². The van der Waals surface area contributed by atoms with E-state index in [1.165, 1.54) is 28.6 Å². The van der Waals surface area contributed by atoms with E-state index in [1.807, 2.05) is 4.90 Å². The van der Waals surface area contributed by atoms with Crippen molar-refractivity contribution in [2.45, 2.75) is 4.90 Å². The Hall–Kier alpha value is -2.61. The fraction of sp³-hybridized carbons (Fsp3) is 0.333. The highest BCUT2D eigenvalue weighted by molar-refractivity contribution is 7.90. The Labute approximate surface area is 179 Å². The molecule has 0 bridgehead atoms. The first kappa shape index (κ1) is 23.1. The average molecular weight is 473 g/mol. The van der Waals surface area contributed by atoms with Crippen molar-refractivity contribution in [3.05, 3.63) is 64.5 Å². The zero-order chi connectivity index (χ0) is 22.6. The number of para-hydroxylation sites is 1. The van der Waals surface area contributed by atoms with Crippen LogP contribution in [0.2, 0.25) is 0 Å². The van der Waals surface area contributed by atoms with Gasteiger partial charge in [0.15, 0.2) is 4.90 Å². The summed E-state index contributed by atoms with van der Waals surface area (Å²) < 4.78 is 66.4. The maximum Gasteiger partial charge on any atom is 0.289 e. The molecule has 2 aromatic rings. The Bertz CT molecular complexity index is 1150. The summed E-state index contributed by atoms with van der Waals surface area (Å²) in [5.74, 6) is -0.836. The van der Waals surface area contributed by atoms with E-state index in [1.54, 1.807) is 12.1 Å². The van der Waals surface area contributed by atoms with Crippen LogP contribution in [-0.2, 0) is 20.0 Å². The maximum absolute atomic E-state index is 13.1. The second kappa shape index (κ2) is 9.26. The standard InChI is InChI=1S/C18H21FN4O6S2/c19-15-5-7-16(8-6-15)21-10-12-22(13-11-21)30(26,27)14-9-20-31(28,29)18-4-2-1-3-17(18)23(24)25/h1-8,20H,9-14H2. The molecule has 0 aromatic heterocycles. The van der Waals surface area contributed by atoms with Gasteiger partial charge in [-0.05, 0) is 30.3 Å². The molecule has 1 fully saturated rings. The lowest BCUT2D eigenvalue weighted by molar-refractivity contribution is -0.387. The summed E-state index contributed by atoms with van der Waals surface area (Å²) in [6.07, 6.45) is 0. The molecule has 2 aromatic carbocycles. The molecule has 168 valence electrons. The molecule has 1 heterocycles. The molecule has 31 heavy (non-hydrogen) atoms. The quantitative estimate of drug-likeness (QED) is 0.451. The zero-order valence-electron chi connectivity index (χ0n) is 16.3. The molecule has 1 N–H and O–H groups in total. The van der Waals surface area contributed by atoms with Crippen LogP contribution in [0.3, 0.4) is 0 Å². The van der Waals surface area contributed by atoms with Crippen LogP contribution in [-0.4, -0.2) is 64.5 Å². The largest absolute Gasteiger partial charge is 0.369 e. The number of hydrogen-bond acceptors (Lipinski definition) is 7. The van der Waals surface area contributed by atoms with Crippen LogP contribution in [0.1, 0.15) is 0 Å². The van der Waals surface area contributed by atoms with Gasteiger partial charge < -0.3 is 4.90 Å². The first-order valence-corrected chi connectivity index (χ1v) is 12.4. The Kier molecular flexibility index (Phi) is 6.89. The molecule has 0 atom stereocenters. The third-order valence-corrected chi connectivity index (χ3v) is 8.21. The molecule has 3 rings (SSSR count). The third kappa shape index (κ3) is 5.55. The monoisotopic (exact) mass is 472 g/mol. The Balaban J connectivity index is 1.57. The number of nitro benzene ring substituents is 1. The highest BCUT2D eigenvalue weighted by Crippen LogP contribution is 2.22. The molecular formula is C18H21FN4O6S2. The lowest BCUT2D eigenvalue weighted by Crippen LogP contribution is -2.50. The van der Waals surface area contributed by atoms with E-state index in [-0.39, 0.29) is 18.9 Å². The highest BCUT2D eigenvalue weighted by atomic mass is 32.2. The van der Waals surface area contributed by atoms with Crippen LogP contribution in [0.15, 0.2) is 53.4 Å². The van der Waals surface area contributed by atoms with E-state index in [4.69, 9.17) is 0 Å². The molecule has 1 aliphatic heterocycles. The topological polar surface area (TPSA) is 130 Å². The predicted octanol–water partition coefficient (Wildman–Crippen LogP) is 1.16. The summed E-state index contributed by atoms with van der Waals surface area (Å²) in [5, 5.41) is 11.0. The van der Waals surface area contributed by atoms with E-state index in [2.05, 4.69) is 4.72 Å². The van der Waals surface area contributed by atoms with E-state index in [9.17, 15) is 31.3 Å². The van der Waals surface area contributed by atoms with Gasteiger partial charge in [0.05, 0.1) is 10.7 Å². The fourth-order valence-electron chi connectivity index (χ4n) is 3.22. The number of nitrogens with one attached hydrogen (secondary N) is 1. The van der Waals surface area contributed by atoms with Gasteiger partial charge in [0, 0.05) is 44.5 Å². The Morgan fingerprint density at radius 1 is 0.968 bits per heavy atom. The molecule has 0 unspecified atom stereocenters. The molecule has 0 aliphatic carbocycles. The summed E-state index contributed by atoms with van der Waals surface area (Å²) in [4.78, 5) is 11.6. The number of halogens is 1. The Morgan fingerprint density at radius 3 is 2.19 bits per heavy atom. The first-order valence-electron chi connectivity index (χ1n) is 9.31. The van der Waals surface area contributed by atoms with Crippen molar-refractivity contribution in [3.63, 3.8) is 0 Å². The van der Waals surface area contributed by atoms with E-state index >= 15 is 0 Å². The summed E-state index contributed by atoms with van der Waals surface area (Å²) in [6, 6.07) is 10.7. The molecule has 0 saturated carbocycles. The van der Waals surface area contributed by atoms with Gasteiger partial charge in [-0.2, -0.15) is 4.31 Å². The normalized spacial score (nSPS) is 15.7. The van der Waals surface area contributed by atoms with Crippen LogP contribution in [0.25, 0.3) is 0 Å². The Morgan fingerprint density at radius 2 is 1.58 bits per heavy atom. The molecule has 10 nitrogen and oxygen atoms in total. The average Bonchev–Trinajstić information content (AvgIpc) is 2.74. The summed E-state index contributed by atoms with van der Waals surface area (Å²) in [5.41, 5.74) is 0.199. The van der Waals surface area contributed by atoms with Gasteiger partial charge in [0.2, 0.25) is 20.0 Å². The van der Waals surface area contributed by atoms with Crippen molar-refractivity contribution in [1.82, 2.24) is 9.03 Å². The molecule has 1 aliphatic rings. The van der Waals surface area contributed by atoms with Gasteiger partial charge in [-0.3, -0.25) is 10.1 Å². The van der Waals surface area contributed by atoms with Gasteiger partial charge in [-0.1, -0.05) is 12.1 Å². The molecule has 1 saturated heterocycles. The lowest BCUT2D eigenvalue weighted by atomic mass is 10.2. The maximum atomic E-state index is 13.1. The second-order valence-corrected chi connectivity index (χ2v) is 10.6. The van der Waals surface area contributed by atoms with Crippen LogP contribution < -0.4 is 9.62 Å². The van der Waals surface area contributed by atoms with Crippen LogP contribution in [0.5, 0.6) is 0 Å². The number of hydrogen-bond donors (Lipinski definition) is 1. The number of nitro groups is 1. The van der Waals surface area contributed by atoms with Gasteiger partial charge in [-0.15, -0.1) is 0 Å². The van der Waals surface area contributed by atoms with Gasteiger partial charge >= 0.3 is 0 Å². The summed E-state index contributed by atoms with van der Waals surface area (Å²) >= 11 is 0.